The lowest BCUT2D eigenvalue weighted by molar-refractivity contribution is -0.137. The lowest BCUT2D eigenvalue weighted by atomic mass is 9.86. The van der Waals surface area contributed by atoms with Crippen LogP contribution in [0.2, 0.25) is 0 Å². The molecular weight excluding hydrogens is 712 g/mol. The number of benzene rings is 4. The molecule has 0 heterocycles. The molecule has 0 saturated heterocycles. The summed E-state index contributed by atoms with van der Waals surface area (Å²) in [5.74, 6) is 0.0357. The normalized spacial score (nSPS) is 10.9. The molecule has 0 aliphatic carbocycles. The predicted molar refractivity (Wildman–Crippen MR) is 214 cm³/mol. The summed E-state index contributed by atoms with van der Waals surface area (Å²) in [5.41, 5.74) is 1.17. The first-order valence-corrected chi connectivity index (χ1v) is 19.1. The smallest absolute Gasteiger partial charge is 0.343 e. The van der Waals surface area contributed by atoms with Gasteiger partial charge in [-0.2, -0.15) is 0 Å². The van der Waals surface area contributed by atoms with E-state index in [0.29, 0.717) is 72.4 Å². The second-order valence-corrected chi connectivity index (χ2v) is 14.2. The Morgan fingerprint density at radius 1 is 0.536 bits per heavy atom. The van der Waals surface area contributed by atoms with Gasteiger partial charge >= 0.3 is 23.9 Å². The zero-order valence-electron chi connectivity index (χ0n) is 32.8. The Morgan fingerprint density at radius 3 is 1.48 bits per heavy atom. The van der Waals surface area contributed by atoms with Gasteiger partial charge in [0.2, 0.25) is 0 Å². The van der Waals surface area contributed by atoms with Gasteiger partial charge in [0, 0.05) is 11.6 Å². The third-order valence-electron chi connectivity index (χ3n) is 8.64. The van der Waals surface area contributed by atoms with E-state index in [1.807, 2.05) is 20.8 Å². The number of esters is 4. The molecule has 0 saturated carbocycles. The monoisotopic (exact) mass is 764 g/mol. The van der Waals surface area contributed by atoms with E-state index in [1.54, 1.807) is 66.7 Å². The fraction of sp³-hybridized carbons (Fsp3) is 0.348. The van der Waals surface area contributed by atoms with Gasteiger partial charge in [-0.3, -0.25) is 0 Å². The zero-order valence-corrected chi connectivity index (χ0v) is 32.8. The Balaban J connectivity index is 1.27. The first kappa shape index (κ1) is 42.8. The molecule has 0 unspecified atom stereocenters. The third kappa shape index (κ3) is 14.1. The largest absolute Gasteiger partial charge is 0.494 e. The first-order chi connectivity index (χ1) is 27.0. The van der Waals surface area contributed by atoms with Crippen LogP contribution in [0, 0.1) is 0 Å². The van der Waals surface area contributed by atoms with Crippen molar-refractivity contribution in [2.45, 2.75) is 84.5 Å². The van der Waals surface area contributed by atoms with Gasteiger partial charge in [-0.25, -0.2) is 19.2 Å². The van der Waals surface area contributed by atoms with E-state index in [1.165, 1.54) is 49.9 Å². The number of unbranched alkanes of at least 4 members (excludes halogenated alkanes) is 6. The van der Waals surface area contributed by atoms with Gasteiger partial charge in [-0.05, 0) is 116 Å². The van der Waals surface area contributed by atoms with Gasteiger partial charge in [0.25, 0.3) is 0 Å². The molecule has 0 aliphatic rings. The van der Waals surface area contributed by atoms with E-state index >= 15 is 0 Å². The van der Waals surface area contributed by atoms with Crippen molar-refractivity contribution in [3.05, 3.63) is 126 Å². The molecule has 0 aliphatic heterocycles. The lowest BCUT2D eigenvalue weighted by Crippen LogP contribution is -2.17. The highest BCUT2D eigenvalue weighted by Crippen LogP contribution is 2.35. The Kier molecular flexibility index (Phi) is 16.7. The van der Waals surface area contributed by atoms with Crippen LogP contribution in [0.25, 0.3) is 0 Å². The van der Waals surface area contributed by atoms with Gasteiger partial charge in [0.15, 0.2) is 0 Å². The van der Waals surface area contributed by atoms with Crippen molar-refractivity contribution in [1.82, 2.24) is 0 Å². The fourth-order valence-electron chi connectivity index (χ4n) is 5.47. The average molecular weight is 765 g/mol. The Morgan fingerprint density at radius 2 is 0.964 bits per heavy atom. The van der Waals surface area contributed by atoms with Crippen molar-refractivity contribution >= 4 is 23.9 Å². The number of hydrogen-bond donors (Lipinski definition) is 0. The second kappa shape index (κ2) is 21.9. The molecule has 10 heteroatoms. The molecule has 4 aromatic rings. The third-order valence-corrected chi connectivity index (χ3v) is 8.64. The summed E-state index contributed by atoms with van der Waals surface area (Å²) < 4.78 is 33.4. The summed E-state index contributed by atoms with van der Waals surface area (Å²) in [7, 11) is 0. The molecule has 0 aromatic heterocycles. The Labute approximate surface area is 329 Å². The summed E-state index contributed by atoms with van der Waals surface area (Å²) in [5, 5.41) is 0. The van der Waals surface area contributed by atoms with Crippen molar-refractivity contribution in [3.63, 3.8) is 0 Å². The van der Waals surface area contributed by atoms with Gasteiger partial charge < -0.3 is 28.4 Å². The molecule has 0 radical (unpaired) electrons. The Bertz CT molecular complexity index is 1890. The number of carbonyl (C=O) groups is 4. The highest BCUT2D eigenvalue weighted by Gasteiger charge is 2.23. The summed E-state index contributed by atoms with van der Waals surface area (Å²) in [6, 6.07) is 24.4. The predicted octanol–water partition coefficient (Wildman–Crippen LogP) is 10.3. The molecule has 0 fully saturated rings. The van der Waals surface area contributed by atoms with E-state index in [4.69, 9.17) is 28.4 Å². The topological polar surface area (TPSA) is 124 Å². The van der Waals surface area contributed by atoms with E-state index < -0.39 is 29.3 Å². The molecule has 0 amide bonds. The molecular formula is C46H52O10. The average Bonchev–Trinajstić information content (AvgIpc) is 3.19. The van der Waals surface area contributed by atoms with Crippen molar-refractivity contribution in [3.8, 4) is 28.7 Å². The summed E-state index contributed by atoms with van der Waals surface area (Å²) in [6.07, 6.45) is 9.57. The van der Waals surface area contributed by atoms with Gasteiger partial charge in [-0.15, -0.1) is 0 Å². The fourth-order valence-corrected chi connectivity index (χ4v) is 5.47. The molecule has 56 heavy (non-hydrogen) atoms. The maximum absolute atomic E-state index is 13.2. The summed E-state index contributed by atoms with van der Waals surface area (Å²) in [4.78, 5) is 50.0. The molecule has 296 valence electrons. The summed E-state index contributed by atoms with van der Waals surface area (Å²) >= 11 is 0. The van der Waals surface area contributed by atoms with Crippen LogP contribution in [0.3, 0.4) is 0 Å². The van der Waals surface area contributed by atoms with Crippen molar-refractivity contribution in [2.75, 3.05) is 19.8 Å². The number of ether oxygens (including phenoxy) is 6. The standard InChI is InChI=1S/C46H52O10/c1-6-8-9-10-11-12-29-51-36-23-17-34(18-24-36)44(49)55-39-27-28-41(40(32-39)46(3,4)5)56-45(50)35-19-25-38(26-20-35)54-43(48)33-15-21-37(22-16-33)52-30-13-14-31-53-42(47)7-2/h7,15-28,32H,2,6,8-14,29-31H2,1,3-5H3. The Hall–Kier alpha value is -5.90. The first-order valence-electron chi connectivity index (χ1n) is 19.1. The molecule has 0 bridgehead atoms. The van der Waals surface area contributed by atoms with Gasteiger partial charge in [-0.1, -0.05) is 66.4 Å². The van der Waals surface area contributed by atoms with Crippen LogP contribution >= 0.6 is 0 Å². The van der Waals surface area contributed by atoms with Crippen LogP contribution in [-0.4, -0.2) is 43.7 Å². The minimum Gasteiger partial charge on any atom is -0.494 e. The quantitative estimate of drug-likeness (QED) is 0.0350. The number of hydrogen-bond acceptors (Lipinski definition) is 10. The molecule has 10 nitrogen and oxygen atoms in total. The second-order valence-electron chi connectivity index (χ2n) is 14.2. The number of rotatable bonds is 21. The van der Waals surface area contributed by atoms with Crippen LogP contribution < -0.4 is 23.7 Å². The van der Waals surface area contributed by atoms with Crippen LogP contribution in [0.4, 0.5) is 0 Å². The van der Waals surface area contributed by atoms with Gasteiger partial charge in [0.1, 0.15) is 28.7 Å². The molecule has 4 rings (SSSR count). The SMILES string of the molecule is C=CC(=O)OCCCCOc1ccc(C(=O)Oc2ccc(C(=O)Oc3ccc(OC(=O)c4ccc(OCCCCCCCC)cc4)cc3C(C)(C)C)cc2)cc1. The number of carbonyl (C=O) groups excluding carboxylic acids is 4. The summed E-state index contributed by atoms with van der Waals surface area (Å²) in [6.45, 7) is 12.8. The molecule has 0 atom stereocenters. The van der Waals surface area contributed by atoms with Crippen molar-refractivity contribution in [1.29, 1.82) is 0 Å². The molecule has 0 spiro atoms. The maximum atomic E-state index is 13.2. The van der Waals surface area contributed by atoms with Crippen LogP contribution in [-0.2, 0) is 14.9 Å². The minimum atomic E-state index is -0.606. The van der Waals surface area contributed by atoms with Crippen molar-refractivity contribution < 1.29 is 47.6 Å². The molecule has 0 N–H and O–H groups in total. The van der Waals surface area contributed by atoms with E-state index in [2.05, 4.69) is 13.5 Å². The maximum Gasteiger partial charge on any atom is 0.343 e. The van der Waals surface area contributed by atoms with Crippen LogP contribution in [0.15, 0.2) is 104 Å². The van der Waals surface area contributed by atoms with Crippen LogP contribution in [0.5, 0.6) is 28.7 Å². The van der Waals surface area contributed by atoms with Crippen molar-refractivity contribution in [2.24, 2.45) is 0 Å². The van der Waals surface area contributed by atoms with E-state index in [9.17, 15) is 19.2 Å². The van der Waals surface area contributed by atoms with Crippen LogP contribution in [0.1, 0.15) is 116 Å². The van der Waals surface area contributed by atoms with E-state index in [0.717, 1.165) is 18.9 Å². The van der Waals surface area contributed by atoms with E-state index in [-0.39, 0.29) is 11.3 Å². The highest BCUT2D eigenvalue weighted by molar-refractivity contribution is 5.93. The lowest BCUT2D eigenvalue weighted by Gasteiger charge is -2.23. The highest BCUT2D eigenvalue weighted by atomic mass is 16.5. The zero-order chi connectivity index (χ0) is 40.3. The van der Waals surface area contributed by atoms with Gasteiger partial charge in [0.05, 0.1) is 36.5 Å². The molecule has 4 aromatic carbocycles. The minimum absolute atomic E-state index is 0.250.